The summed E-state index contributed by atoms with van der Waals surface area (Å²) < 4.78 is 9.27. The zero-order valence-corrected chi connectivity index (χ0v) is 19.7. The number of aromatic nitrogens is 6. The van der Waals surface area contributed by atoms with Crippen molar-refractivity contribution in [3.8, 4) is 16.5 Å². The van der Waals surface area contributed by atoms with Crippen LogP contribution in [0.15, 0.2) is 18.5 Å². The highest BCUT2D eigenvalue weighted by Gasteiger charge is 2.42. The normalized spacial score (nSPS) is 17.4. The van der Waals surface area contributed by atoms with Crippen LogP contribution in [-0.4, -0.2) is 49.6 Å². The van der Waals surface area contributed by atoms with E-state index in [4.69, 9.17) is 9.72 Å². The Labute approximate surface area is 190 Å². The molecule has 0 amide bonds. The molecule has 166 valence electrons. The van der Waals surface area contributed by atoms with E-state index in [9.17, 15) is 0 Å². The van der Waals surface area contributed by atoms with Crippen molar-refractivity contribution in [2.75, 3.05) is 25.1 Å². The molecule has 9 heteroatoms. The maximum atomic E-state index is 5.33. The van der Waals surface area contributed by atoms with Crippen LogP contribution in [0.4, 0.5) is 5.82 Å². The number of methoxy groups -OCH3 is 1. The quantitative estimate of drug-likeness (QED) is 0.476. The average Bonchev–Trinajstić information content (AvgIpc) is 3.54. The third-order valence-electron chi connectivity index (χ3n) is 7.33. The monoisotopic (exact) mass is 449 g/mol. The molecular formula is C23H27N7OS. The smallest absolute Gasteiger partial charge is 0.273 e. The fourth-order valence-corrected chi connectivity index (χ4v) is 6.44. The summed E-state index contributed by atoms with van der Waals surface area (Å²) in [4.78, 5) is 13.6. The number of aryl methyl sites for hydroxylation is 2. The van der Waals surface area contributed by atoms with Gasteiger partial charge < -0.3 is 9.64 Å². The summed E-state index contributed by atoms with van der Waals surface area (Å²) in [5.41, 5.74) is 6.84. The molecule has 1 aliphatic carbocycles. The van der Waals surface area contributed by atoms with Crippen LogP contribution in [0.2, 0.25) is 0 Å². The van der Waals surface area contributed by atoms with Gasteiger partial charge in [0.2, 0.25) is 0 Å². The van der Waals surface area contributed by atoms with Crippen LogP contribution in [-0.2, 0) is 19.9 Å². The fourth-order valence-electron chi connectivity index (χ4n) is 5.37. The van der Waals surface area contributed by atoms with E-state index in [1.54, 1.807) is 18.4 Å². The van der Waals surface area contributed by atoms with Crippen molar-refractivity contribution in [1.29, 1.82) is 0 Å². The summed E-state index contributed by atoms with van der Waals surface area (Å²) in [6.07, 6.45) is 8.29. The Morgan fingerprint density at radius 3 is 2.59 bits per heavy atom. The lowest BCUT2D eigenvalue weighted by Gasteiger charge is -2.40. The van der Waals surface area contributed by atoms with Gasteiger partial charge >= 0.3 is 0 Å². The van der Waals surface area contributed by atoms with Crippen molar-refractivity contribution < 1.29 is 4.74 Å². The molecule has 0 N–H and O–H groups in total. The first-order valence-electron chi connectivity index (χ1n) is 11.1. The van der Waals surface area contributed by atoms with E-state index in [1.807, 2.05) is 28.6 Å². The summed E-state index contributed by atoms with van der Waals surface area (Å²) in [5.74, 6) is 1.03. The molecule has 1 spiro atoms. The van der Waals surface area contributed by atoms with Gasteiger partial charge in [-0.15, -0.1) is 0 Å². The first-order chi connectivity index (χ1) is 15.5. The van der Waals surface area contributed by atoms with Gasteiger partial charge in [0.15, 0.2) is 5.82 Å². The number of ether oxygens (including phenoxy) is 1. The highest BCUT2D eigenvalue weighted by atomic mass is 32.1. The van der Waals surface area contributed by atoms with Gasteiger partial charge in [-0.25, -0.2) is 14.5 Å². The zero-order chi connectivity index (χ0) is 22.0. The third-order valence-corrected chi connectivity index (χ3v) is 8.38. The molecule has 4 aromatic rings. The molecule has 1 aliphatic heterocycles. The van der Waals surface area contributed by atoms with Gasteiger partial charge in [-0.3, -0.25) is 4.68 Å². The van der Waals surface area contributed by atoms with Crippen molar-refractivity contribution in [3.63, 3.8) is 0 Å². The number of piperidine rings is 1. The van der Waals surface area contributed by atoms with Gasteiger partial charge in [0.1, 0.15) is 5.52 Å². The Morgan fingerprint density at radius 2 is 1.91 bits per heavy atom. The van der Waals surface area contributed by atoms with Crippen molar-refractivity contribution in [1.82, 2.24) is 29.4 Å². The second-order valence-electron chi connectivity index (χ2n) is 9.16. The van der Waals surface area contributed by atoms with Crippen LogP contribution in [0.1, 0.15) is 34.8 Å². The Bertz CT molecular complexity index is 1300. The van der Waals surface area contributed by atoms with E-state index in [0.717, 1.165) is 77.9 Å². The second kappa shape index (κ2) is 7.03. The van der Waals surface area contributed by atoms with Crippen molar-refractivity contribution in [3.05, 3.63) is 40.4 Å². The number of rotatable bonds is 3. The van der Waals surface area contributed by atoms with Crippen LogP contribution in [0.5, 0.6) is 5.19 Å². The molecule has 8 nitrogen and oxygen atoms in total. The maximum Gasteiger partial charge on any atom is 0.273 e. The standard InChI is InChI=1S/C23H27N7OS/c1-14-20(16-13-25-28(3)15(16)2)30-18(5-8-24-30)21(26-14)29-9-6-23(7-10-29)11-17-19(12-23)32-22(27-17)31-4/h5,8,13H,6-7,9-12H2,1-4H3. The minimum absolute atomic E-state index is 0.343. The van der Waals surface area contributed by atoms with Crippen molar-refractivity contribution in [2.24, 2.45) is 12.5 Å². The molecule has 0 aromatic carbocycles. The molecule has 0 saturated carbocycles. The molecule has 0 radical (unpaired) electrons. The van der Waals surface area contributed by atoms with Gasteiger partial charge in [-0.2, -0.15) is 10.2 Å². The molecule has 2 aliphatic rings. The van der Waals surface area contributed by atoms with E-state index in [-0.39, 0.29) is 0 Å². The van der Waals surface area contributed by atoms with E-state index in [2.05, 4.69) is 40.0 Å². The Balaban J connectivity index is 1.29. The number of hydrogen-bond donors (Lipinski definition) is 0. The van der Waals surface area contributed by atoms with E-state index >= 15 is 0 Å². The summed E-state index contributed by atoms with van der Waals surface area (Å²) in [5, 5.41) is 9.89. The number of nitrogens with zero attached hydrogens (tertiary/aromatic N) is 7. The fraction of sp³-hybridized carbons (Fsp3) is 0.478. The maximum absolute atomic E-state index is 5.33. The summed E-state index contributed by atoms with van der Waals surface area (Å²) >= 11 is 1.72. The summed E-state index contributed by atoms with van der Waals surface area (Å²) in [7, 11) is 3.67. The topological polar surface area (TPSA) is 73.4 Å². The summed E-state index contributed by atoms with van der Waals surface area (Å²) in [6, 6.07) is 2.07. The van der Waals surface area contributed by atoms with Gasteiger partial charge in [-0.1, -0.05) is 11.3 Å². The number of hydrogen-bond acceptors (Lipinski definition) is 7. The molecule has 5 heterocycles. The van der Waals surface area contributed by atoms with E-state index < -0.39 is 0 Å². The average molecular weight is 450 g/mol. The molecule has 0 atom stereocenters. The Hall–Kier alpha value is -2.94. The number of thiazole rings is 1. The van der Waals surface area contributed by atoms with Crippen LogP contribution in [0, 0.1) is 19.3 Å². The highest BCUT2D eigenvalue weighted by Crippen LogP contribution is 2.48. The second-order valence-corrected chi connectivity index (χ2v) is 10.2. The first-order valence-corrected chi connectivity index (χ1v) is 11.9. The Kier molecular flexibility index (Phi) is 4.33. The van der Waals surface area contributed by atoms with Gasteiger partial charge in [-0.05, 0) is 51.0 Å². The SMILES string of the molecule is COc1nc2c(s1)CC1(CCN(c3nc(C)c(-c4cnn(C)c4C)n4nccc34)CC1)C2. The molecule has 6 rings (SSSR count). The lowest BCUT2D eigenvalue weighted by atomic mass is 9.76. The van der Waals surface area contributed by atoms with Crippen LogP contribution in [0.25, 0.3) is 16.8 Å². The van der Waals surface area contributed by atoms with Crippen LogP contribution >= 0.6 is 11.3 Å². The molecule has 32 heavy (non-hydrogen) atoms. The number of fused-ring (bicyclic) bond motifs is 2. The molecule has 0 unspecified atom stereocenters. The van der Waals surface area contributed by atoms with Gasteiger partial charge in [0, 0.05) is 36.3 Å². The van der Waals surface area contributed by atoms with E-state index in [1.165, 1.54) is 10.6 Å². The molecule has 1 saturated heterocycles. The highest BCUT2D eigenvalue weighted by molar-refractivity contribution is 7.13. The van der Waals surface area contributed by atoms with Gasteiger partial charge in [0.25, 0.3) is 5.19 Å². The molecular weight excluding hydrogens is 422 g/mol. The third kappa shape index (κ3) is 2.87. The largest absolute Gasteiger partial charge is 0.473 e. The number of anilines is 1. The molecule has 0 bridgehead atoms. The lowest BCUT2D eigenvalue weighted by Crippen LogP contribution is -2.41. The minimum Gasteiger partial charge on any atom is -0.473 e. The van der Waals surface area contributed by atoms with Gasteiger partial charge in [0.05, 0.1) is 36.6 Å². The zero-order valence-electron chi connectivity index (χ0n) is 18.9. The minimum atomic E-state index is 0.343. The molecule has 1 fully saturated rings. The van der Waals surface area contributed by atoms with E-state index in [0.29, 0.717) is 5.41 Å². The summed E-state index contributed by atoms with van der Waals surface area (Å²) in [6.45, 7) is 6.17. The lowest BCUT2D eigenvalue weighted by molar-refractivity contribution is 0.231. The predicted molar refractivity (Wildman–Crippen MR) is 125 cm³/mol. The molecule has 4 aromatic heterocycles. The van der Waals surface area contributed by atoms with Crippen LogP contribution in [0.3, 0.4) is 0 Å². The Morgan fingerprint density at radius 1 is 1.09 bits per heavy atom. The predicted octanol–water partition coefficient (Wildman–Crippen LogP) is 3.60. The first kappa shape index (κ1) is 19.7. The van der Waals surface area contributed by atoms with Crippen molar-refractivity contribution >= 4 is 22.7 Å². The van der Waals surface area contributed by atoms with Crippen LogP contribution < -0.4 is 9.64 Å². The van der Waals surface area contributed by atoms with Crippen molar-refractivity contribution in [2.45, 2.75) is 39.5 Å².